The Balaban J connectivity index is 1.73. The first-order chi connectivity index (χ1) is 10.8. The smallest absolute Gasteiger partial charge is 0.137 e. The van der Waals surface area contributed by atoms with Gasteiger partial charge < -0.3 is 10.3 Å². The van der Waals surface area contributed by atoms with E-state index < -0.39 is 0 Å². The van der Waals surface area contributed by atoms with Crippen LogP contribution in [0.5, 0.6) is 0 Å². The first kappa shape index (κ1) is 14.8. The fourth-order valence-electron chi connectivity index (χ4n) is 2.75. The van der Waals surface area contributed by atoms with Crippen LogP contribution >= 0.6 is 0 Å². The van der Waals surface area contributed by atoms with Crippen LogP contribution in [-0.4, -0.2) is 22.6 Å². The normalized spacial score (nSPS) is 12.6. The summed E-state index contributed by atoms with van der Waals surface area (Å²) in [5.74, 6) is 0. The Morgan fingerprint density at radius 3 is 2.73 bits per heavy atom. The Kier molecular flexibility index (Phi) is 4.54. The molecule has 1 unspecified atom stereocenters. The van der Waals surface area contributed by atoms with Crippen molar-refractivity contribution in [3.05, 3.63) is 54.4 Å². The van der Waals surface area contributed by atoms with Crippen LogP contribution < -0.4 is 5.32 Å². The van der Waals surface area contributed by atoms with Crippen molar-refractivity contribution in [2.24, 2.45) is 0 Å². The summed E-state index contributed by atoms with van der Waals surface area (Å²) in [6.45, 7) is 5.53. The highest BCUT2D eigenvalue weighted by atomic mass is 14.9. The molecule has 0 saturated heterocycles. The lowest BCUT2D eigenvalue weighted by atomic mass is 10.0. The highest BCUT2D eigenvalue weighted by Gasteiger charge is 2.04. The van der Waals surface area contributed by atoms with Gasteiger partial charge in [-0.2, -0.15) is 0 Å². The highest BCUT2D eigenvalue weighted by Crippen LogP contribution is 2.22. The number of nitrogens with one attached hydrogen (secondary N) is 2. The minimum absolute atomic E-state index is 0.517. The van der Waals surface area contributed by atoms with Crippen LogP contribution in [0.25, 0.3) is 22.2 Å². The Hall–Kier alpha value is -2.13. The summed E-state index contributed by atoms with van der Waals surface area (Å²) in [5, 5.41) is 4.68. The zero-order valence-corrected chi connectivity index (χ0v) is 13.3. The molecule has 0 amide bonds. The van der Waals surface area contributed by atoms with Gasteiger partial charge in [-0.05, 0) is 49.6 Å². The lowest BCUT2D eigenvalue weighted by Gasteiger charge is -2.13. The first-order valence-electron chi connectivity index (χ1n) is 8.02. The number of nitrogens with zero attached hydrogens (tertiary/aromatic N) is 1. The van der Waals surface area contributed by atoms with Crippen LogP contribution in [0.3, 0.4) is 0 Å². The van der Waals surface area contributed by atoms with Gasteiger partial charge in [0.05, 0.1) is 0 Å². The molecule has 2 heterocycles. The number of rotatable bonds is 6. The van der Waals surface area contributed by atoms with Gasteiger partial charge in [-0.15, -0.1) is 0 Å². The predicted molar refractivity (Wildman–Crippen MR) is 93.0 cm³/mol. The highest BCUT2D eigenvalue weighted by molar-refractivity contribution is 5.81. The molecule has 1 atom stereocenters. The summed E-state index contributed by atoms with van der Waals surface area (Å²) < 4.78 is 0. The average molecular weight is 293 g/mol. The van der Waals surface area contributed by atoms with E-state index in [2.05, 4.69) is 65.5 Å². The molecule has 3 rings (SSSR count). The molecule has 0 spiro atoms. The maximum atomic E-state index is 4.46. The molecule has 1 aromatic carbocycles. The Bertz CT molecular complexity index is 728. The van der Waals surface area contributed by atoms with Crippen LogP contribution in [0, 0.1) is 0 Å². The van der Waals surface area contributed by atoms with Gasteiger partial charge in [-0.1, -0.05) is 31.2 Å². The van der Waals surface area contributed by atoms with E-state index >= 15 is 0 Å². The van der Waals surface area contributed by atoms with E-state index in [1.54, 1.807) is 0 Å². The van der Waals surface area contributed by atoms with Crippen molar-refractivity contribution in [1.82, 2.24) is 15.3 Å². The number of H-pyrrole nitrogens is 1. The number of hydrogen-bond donors (Lipinski definition) is 2. The standard InChI is InChI=1S/C19H23N3/c1-3-9-20-14(2)11-15-4-6-16(7-5-15)18-12-17-8-10-21-19(17)22-13-18/h4-8,10,12-14,20H,3,9,11H2,1-2H3,(H,21,22). The zero-order valence-electron chi connectivity index (χ0n) is 13.3. The largest absolute Gasteiger partial charge is 0.346 e. The molecule has 0 aliphatic rings. The minimum Gasteiger partial charge on any atom is -0.346 e. The Labute approximate surface area is 131 Å². The van der Waals surface area contributed by atoms with Crippen LogP contribution in [0.2, 0.25) is 0 Å². The molecule has 114 valence electrons. The van der Waals surface area contributed by atoms with Gasteiger partial charge in [0, 0.05) is 29.4 Å². The number of benzene rings is 1. The van der Waals surface area contributed by atoms with E-state index in [4.69, 9.17) is 0 Å². The van der Waals surface area contributed by atoms with Crippen molar-refractivity contribution in [2.45, 2.75) is 32.7 Å². The molecule has 3 nitrogen and oxygen atoms in total. The fourth-order valence-corrected chi connectivity index (χ4v) is 2.75. The van der Waals surface area contributed by atoms with Crippen LogP contribution in [0.15, 0.2) is 48.8 Å². The number of pyridine rings is 1. The first-order valence-corrected chi connectivity index (χ1v) is 8.02. The summed E-state index contributed by atoms with van der Waals surface area (Å²) in [7, 11) is 0. The number of aromatic amines is 1. The van der Waals surface area contributed by atoms with Crippen molar-refractivity contribution < 1.29 is 0 Å². The summed E-state index contributed by atoms with van der Waals surface area (Å²) in [6, 6.07) is 13.6. The summed E-state index contributed by atoms with van der Waals surface area (Å²) >= 11 is 0. The predicted octanol–water partition coefficient (Wildman–Crippen LogP) is 4.16. The van der Waals surface area contributed by atoms with E-state index in [9.17, 15) is 0 Å². The van der Waals surface area contributed by atoms with Crippen molar-refractivity contribution in [2.75, 3.05) is 6.54 Å². The molecule has 3 heteroatoms. The molecule has 2 N–H and O–H groups in total. The SMILES string of the molecule is CCCNC(C)Cc1ccc(-c2cnc3[nH]ccc3c2)cc1. The lowest BCUT2D eigenvalue weighted by molar-refractivity contribution is 0.543. The fraction of sp³-hybridized carbons (Fsp3) is 0.316. The third-order valence-corrected chi connectivity index (χ3v) is 3.97. The molecule has 0 saturated carbocycles. The van der Waals surface area contributed by atoms with Crippen LogP contribution in [0.4, 0.5) is 0 Å². The molecule has 0 bridgehead atoms. The van der Waals surface area contributed by atoms with E-state index in [1.165, 1.54) is 17.5 Å². The molecular formula is C19H23N3. The van der Waals surface area contributed by atoms with E-state index in [1.807, 2.05) is 12.4 Å². The van der Waals surface area contributed by atoms with Crippen molar-refractivity contribution in [3.63, 3.8) is 0 Å². The van der Waals surface area contributed by atoms with Gasteiger partial charge in [0.1, 0.15) is 5.65 Å². The maximum absolute atomic E-state index is 4.46. The van der Waals surface area contributed by atoms with Crippen LogP contribution in [-0.2, 0) is 6.42 Å². The molecule has 0 fully saturated rings. The third kappa shape index (κ3) is 3.37. The summed E-state index contributed by atoms with van der Waals surface area (Å²) in [6.07, 6.45) is 6.10. The van der Waals surface area contributed by atoms with Gasteiger partial charge in [0.25, 0.3) is 0 Å². The van der Waals surface area contributed by atoms with Crippen molar-refractivity contribution in [3.8, 4) is 11.1 Å². The maximum Gasteiger partial charge on any atom is 0.137 e. The summed E-state index contributed by atoms with van der Waals surface area (Å²) in [5.41, 5.74) is 4.69. The van der Waals surface area contributed by atoms with Crippen LogP contribution in [0.1, 0.15) is 25.8 Å². The Morgan fingerprint density at radius 2 is 1.95 bits per heavy atom. The van der Waals surface area contributed by atoms with Gasteiger partial charge in [-0.3, -0.25) is 0 Å². The average Bonchev–Trinajstić information content (AvgIpc) is 3.01. The minimum atomic E-state index is 0.517. The quantitative estimate of drug-likeness (QED) is 0.716. The van der Waals surface area contributed by atoms with E-state index in [0.29, 0.717) is 6.04 Å². The number of aromatic nitrogens is 2. The van der Waals surface area contributed by atoms with Gasteiger partial charge in [0.15, 0.2) is 0 Å². The number of hydrogen-bond acceptors (Lipinski definition) is 2. The molecule has 2 aromatic heterocycles. The zero-order chi connectivity index (χ0) is 15.4. The molecule has 22 heavy (non-hydrogen) atoms. The van der Waals surface area contributed by atoms with Crippen molar-refractivity contribution >= 4 is 11.0 Å². The van der Waals surface area contributed by atoms with Crippen molar-refractivity contribution in [1.29, 1.82) is 0 Å². The Morgan fingerprint density at radius 1 is 1.14 bits per heavy atom. The van der Waals surface area contributed by atoms with E-state index in [-0.39, 0.29) is 0 Å². The molecular weight excluding hydrogens is 270 g/mol. The second-order valence-corrected chi connectivity index (χ2v) is 5.90. The second-order valence-electron chi connectivity index (χ2n) is 5.90. The van der Waals surface area contributed by atoms with Gasteiger partial charge >= 0.3 is 0 Å². The second kappa shape index (κ2) is 6.75. The lowest BCUT2D eigenvalue weighted by Crippen LogP contribution is -2.28. The van der Waals surface area contributed by atoms with Gasteiger partial charge in [-0.25, -0.2) is 4.98 Å². The van der Waals surface area contributed by atoms with Gasteiger partial charge in [0.2, 0.25) is 0 Å². The topological polar surface area (TPSA) is 40.7 Å². The third-order valence-electron chi connectivity index (χ3n) is 3.97. The monoisotopic (exact) mass is 293 g/mol. The molecule has 3 aromatic rings. The summed E-state index contributed by atoms with van der Waals surface area (Å²) in [4.78, 5) is 7.58. The number of fused-ring (bicyclic) bond motifs is 1. The molecule has 0 aliphatic carbocycles. The molecule has 0 radical (unpaired) electrons. The van der Waals surface area contributed by atoms with E-state index in [0.717, 1.165) is 29.6 Å². The molecule has 0 aliphatic heterocycles.